The summed E-state index contributed by atoms with van der Waals surface area (Å²) in [4.78, 5) is 30.8. The number of thiophene rings is 1. The minimum atomic E-state index is -1.09. The third-order valence-corrected chi connectivity index (χ3v) is 8.34. The molecular formula is C28H34N4O2S. The predicted molar refractivity (Wildman–Crippen MR) is 141 cm³/mol. The molecule has 6 nitrogen and oxygen atoms in total. The van der Waals surface area contributed by atoms with Crippen molar-refractivity contribution >= 4 is 28.8 Å². The quantitative estimate of drug-likeness (QED) is 0.497. The maximum Gasteiger partial charge on any atom is 0.277 e. The number of hydrogen-bond donors (Lipinski definition) is 1. The molecular weight excluding hydrogens is 456 g/mol. The molecule has 1 N–H and O–H groups in total. The largest absolute Gasteiger partial charge is 0.351 e. The fourth-order valence-corrected chi connectivity index (χ4v) is 6.18. The van der Waals surface area contributed by atoms with Crippen molar-refractivity contribution in [2.24, 2.45) is 0 Å². The number of amides is 2. The van der Waals surface area contributed by atoms with Crippen LogP contribution >= 0.6 is 11.3 Å². The van der Waals surface area contributed by atoms with Crippen molar-refractivity contribution in [1.29, 1.82) is 0 Å². The van der Waals surface area contributed by atoms with E-state index >= 15 is 0 Å². The van der Waals surface area contributed by atoms with Crippen LogP contribution in [-0.2, 0) is 11.3 Å². The smallest absolute Gasteiger partial charge is 0.277 e. The van der Waals surface area contributed by atoms with Crippen LogP contribution in [0.3, 0.4) is 0 Å². The second-order valence-corrected chi connectivity index (χ2v) is 11.2. The monoisotopic (exact) mass is 490 g/mol. The van der Waals surface area contributed by atoms with E-state index in [1.165, 1.54) is 19.3 Å². The van der Waals surface area contributed by atoms with Gasteiger partial charge < -0.3 is 5.32 Å². The Morgan fingerprint density at radius 2 is 1.83 bits per heavy atom. The summed E-state index contributed by atoms with van der Waals surface area (Å²) in [5.74, 6) is -0.288. The van der Waals surface area contributed by atoms with Gasteiger partial charge in [-0.15, -0.1) is 11.3 Å². The van der Waals surface area contributed by atoms with Crippen molar-refractivity contribution in [3.05, 3.63) is 58.6 Å². The molecule has 3 aromatic rings. The summed E-state index contributed by atoms with van der Waals surface area (Å²) in [6.45, 7) is 6.24. The van der Waals surface area contributed by atoms with Gasteiger partial charge in [0, 0.05) is 11.7 Å². The molecule has 1 saturated carbocycles. The zero-order valence-electron chi connectivity index (χ0n) is 20.8. The lowest BCUT2D eigenvalue weighted by atomic mass is 9.91. The summed E-state index contributed by atoms with van der Waals surface area (Å²) in [7, 11) is 0. The van der Waals surface area contributed by atoms with E-state index in [9.17, 15) is 9.59 Å². The van der Waals surface area contributed by atoms with Gasteiger partial charge in [-0.2, -0.15) is 5.10 Å². The Labute approximate surface area is 211 Å². The lowest BCUT2D eigenvalue weighted by molar-refractivity contribution is -0.127. The maximum absolute atomic E-state index is 14.0. The highest BCUT2D eigenvalue weighted by Crippen LogP contribution is 2.37. The Morgan fingerprint density at radius 1 is 1.09 bits per heavy atom. The lowest BCUT2D eigenvalue weighted by Crippen LogP contribution is -2.65. The van der Waals surface area contributed by atoms with Crippen LogP contribution in [0.5, 0.6) is 0 Å². The van der Waals surface area contributed by atoms with Gasteiger partial charge in [0.1, 0.15) is 16.9 Å². The molecule has 3 heterocycles. The second kappa shape index (κ2) is 9.61. The molecule has 0 spiro atoms. The highest BCUT2D eigenvalue weighted by atomic mass is 32.1. The van der Waals surface area contributed by atoms with Crippen LogP contribution in [0.2, 0.25) is 0 Å². The van der Waals surface area contributed by atoms with E-state index in [1.807, 2.05) is 56.5 Å². The Hall–Kier alpha value is -2.93. The molecule has 0 unspecified atom stereocenters. The highest BCUT2D eigenvalue weighted by Gasteiger charge is 2.49. The number of benzene rings is 1. The molecule has 5 rings (SSSR count). The third kappa shape index (κ3) is 4.54. The van der Waals surface area contributed by atoms with E-state index in [4.69, 9.17) is 5.10 Å². The fourth-order valence-electron chi connectivity index (χ4n) is 5.50. The van der Waals surface area contributed by atoms with Gasteiger partial charge in [-0.05, 0) is 62.8 Å². The number of hydrogen-bond acceptors (Lipinski definition) is 4. The normalized spacial score (nSPS) is 21.3. The average Bonchev–Trinajstić information content (AvgIpc) is 3.47. The van der Waals surface area contributed by atoms with Crippen LogP contribution < -0.4 is 10.2 Å². The van der Waals surface area contributed by atoms with Crippen molar-refractivity contribution in [2.75, 3.05) is 4.90 Å². The zero-order valence-corrected chi connectivity index (χ0v) is 21.7. The van der Waals surface area contributed by atoms with Crippen molar-refractivity contribution < 1.29 is 9.59 Å². The van der Waals surface area contributed by atoms with Crippen LogP contribution in [0.25, 0.3) is 10.6 Å². The SMILES string of the molecule is Cc1ccc(N2C(=O)c3cc(-c4cccs4)nn3C[C@@]2(C)C(=O)NC2CCCCCCC2)c(C)c1. The van der Waals surface area contributed by atoms with E-state index in [-0.39, 0.29) is 17.9 Å². The second-order valence-electron chi connectivity index (χ2n) is 10.3. The van der Waals surface area contributed by atoms with Crippen LogP contribution in [0.15, 0.2) is 41.8 Å². The molecule has 7 heteroatoms. The molecule has 0 saturated heterocycles. The Kier molecular flexibility index (Phi) is 6.53. The molecule has 1 aliphatic heterocycles. The van der Waals surface area contributed by atoms with Gasteiger partial charge in [0.25, 0.3) is 5.91 Å². The van der Waals surface area contributed by atoms with E-state index in [0.29, 0.717) is 12.2 Å². The first kappa shape index (κ1) is 23.8. The van der Waals surface area contributed by atoms with E-state index in [1.54, 1.807) is 20.9 Å². The van der Waals surface area contributed by atoms with E-state index in [0.717, 1.165) is 53.1 Å². The number of anilines is 1. The lowest BCUT2D eigenvalue weighted by Gasteiger charge is -2.44. The Bertz CT molecular complexity index is 1220. The first-order valence-corrected chi connectivity index (χ1v) is 13.6. The summed E-state index contributed by atoms with van der Waals surface area (Å²) in [6.07, 6.45) is 7.98. The van der Waals surface area contributed by atoms with Crippen molar-refractivity contribution in [3.8, 4) is 10.6 Å². The number of aryl methyl sites for hydroxylation is 2. The number of aromatic nitrogens is 2. The van der Waals surface area contributed by atoms with Crippen LogP contribution in [0.1, 0.15) is 73.5 Å². The Balaban J connectivity index is 1.55. The van der Waals surface area contributed by atoms with E-state index in [2.05, 4.69) is 11.4 Å². The summed E-state index contributed by atoms with van der Waals surface area (Å²) in [6, 6.07) is 12.0. The number of carbonyl (C=O) groups excluding carboxylic acids is 2. The minimum Gasteiger partial charge on any atom is -0.351 e. The summed E-state index contributed by atoms with van der Waals surface area (Å²) in [5.41, 5.74) is 3.08. The molecule has 1 fully saturated rings. The summed E-state index contributed by atoms with van der Waals surface area (Å²) in [5, 5.41) is 10.1. The number of carbonyl (C=O) groups is 2. The number of rotatable bonds is 4. The molecule has 1 aromatic carbocycles. The van der Waals surface area contributed by atoms with Crippen LogP contribution in [0, 0.1) is 13.8 Å². The van der Waals surface area contributed by atoms with Gasteiger partial charge >= 0.3 is 0 Å². The van der Waals surface area contributed by atoms with E-state index < -0.39 is 5.54 Å². The third-order valence-electron chi connectivity index (χ3n) is 7.45. The zero-order chi connectivity index (χ0) is 24.6. The number of fused-ring (bicyclic) bond motifs is 1. The Morgan fingerprint density at radius 3 is 2.51 bits per heavy atom. The molecule has 0 radical (unpaired) electrons. The van der Waals surface area contributed by atoms with Crippen molar-refractivity contribution in [2.45, 2.75) is 83.8 Å². The predicted octanol–water partition coefficient (Wildman–Crippen LogP) is 5.88. The summed E-state index contributed by atoms with van der Waals surface area (Å²) >= 11 is 1.60. The molecule has 35 heavy (non-hydrogen) atoms. The molecule has 2 amide bonds. The molecule has 2 aromatic heterocycles. The molecule has 2 aliphatic rings. The topological polar surface area (TPSA) is 67.2 Å². The van der Waals surface area contributed by atoms with Crippen LogP contribution in [0.4, 0.5) is 5.69 Å². The molecule has 1 aliphatic carbocycles. The number of nitrogens with one attached hydrogen (secondary N) is 1. The maximum atomic E-state index is 14.0. The highest BCUT2D eigenvalue weighted by molar-refractivity contribution is 7.13. The van der Waals surface area contributed by atoms with Gasteiger partial charge in [-0.1, -0.05) is 55.9 Å². The van der Waals surface area contributed by atoms with Gasteiger partial charge in [-0.3, -0.25) is 19.2 Å². The van der Waals surface area contributed by atoms with Gasteiger partial charge in [-0.25, -0.2) is 0 Å². The average molecular weight is 491 g/mol. The summed E-state index contributed by atoms with van der Waals surface area (Å²) < 4.78 is 1.73. The first-order valence-electron chi connectivity index (χ1n) is 12.7. The van der Waals surface area contributed by atoms with Gasteiger partial charge in [0.15, 0.2) is 0 Å². The molecule has 184 valence electrons. The van der Waals surface area contributed by atoms with Crippen molar-refractivity contribution in [1.82, 2.24) is 15.1 Å². The number of nitrogens with zero attached hydrogens (tertiary/aromatic N) is 3. The fraction of sp³-hybridized carbons (Fsp3) is 0.464. The standard InChI is InChI=1S/C28H34N4O2S/c1-19-13-14-23(20(2)16-19)32-26(33)24-17-22(25-12-9-15-35-25)30-31(24)18-28(32,3)27(34)29-21-10-7-5-4-6-8-11-21/h9,12-17,21H,4-8,10-11,18H2,1-3H3,(H,29,34)/t28-/m0/s1. The molecule has 0 bridgehead atoms. The molecule has 1 atom stereocenters. The minimum absolute atomic E-state index is 0.102. The van der Waals surface area contributed by atoms with Crippen molar-refractivity contribution in [3.63, 3.8) is 0 Å². The van der Waals surface area contributed by atoms with Crippen LogP contribution in [-0.4, -0.2) is 33.2 Å². The van der Waals surface area contributed by atoms with Gasteiger partial charge in [0.2, 0.25) is 5.91 Å². The first-order chi connectivity index (χ1) is 16.9. The van der Waals surface area contributed by atoms with Gasteiger partial charge in [0.05, 0.1) is 11.4 Å².